The zero-order valence-corrected chi connectivity index (χ0v) is 9.55. The van der Waals surface area contributed by atoms with Gasteiger partial charge in [0.15, 0.2) is 0 Å². The maximum Gasteiger partial charge on any atom is 0.573 e. The molecule has 0 spiro atoms. The number of hydrogen-bond donors (Lipinski definition) is 3. The van der Waals surface area contributed by atoms with Crippen LogP contribution in [0.15, 0.2) is 18.2 Å². The fraction of sp³-hybridized carbons (Fsp3) is 0.364. The number of nitrogens with two attached hydrogens (primary N) is 1. The van der Waals surface area contributed by atoms with E-state index in [1.54, 1.807) is 6.07 Å². The van der Waals surface area contributed by atoms with E-state index in [0.29, 0.717) is 0 Å². The van der Waals surface area contributed by atoms with Gasteiger partial charge in [0.05, 0.1) is 18.6 Å². The summed E-state index contributed by atoms with van der Waals surface area (Å²) in [6, 6.07) is 4.74. The lowest BCUT2D eigenvalue weighted by molar-refractivity contribution is -0.275. The van der Waals surface area contributed by atoms with Crippen molar-refractivity contribution in [2.24, 2.45) is 0 Å². The van der Waals surface area contributed by atoms with Crippen molar-refractivity contribution >= 4 is 5.69 Å². The number of rotatable bonds is 4. The molecule has 0 fully saturated rings. The van der Waals surface area contributed by atoms with Crippen LogP contribution in [0.25, 0.3) is 0 Å². The molecular weight excluding hydrogens is 265 g/mol. The Morgan fingerprint density at radius 3 is 2.53 bits per heavy atom. The Morgan fingerprint density at radius 1 is 1.37 bits per heavy atom. The molecule has 0 saturated heterocycles. The molecule has 2 atom stereocenters. The van der Waals surface area contributed by atoms with Crippen molar-refractivity contribution in [1.29, 1.82) is 5.26 Å². The first-order chi connectivity index (χ1) is 8.74. The largest absolute Gasteiger partial charge is 0.573 e. The lowest BCUT2D eigenvalue weighted by atomic mass is 10.0. The molecule has 2 unspecified atom stereocenters. The van der Waals surface area contributed by atoms with Crippen molar-refractivity contribution in [2.45, 2.75) is 25.0 Å². The van der Waals surface area contributed by atoms with Crippen LogP contribution in [0.2, 0.25) is 0 Å². The summed E-state index contributed by atoms with van der Waals surface area (Å²) in [4.78, 5) is 0. The average molecular weight is 276 g/mol. The van der Waals surface area contributed by atoms with Crippen molar-refractivity contribution < 1.29 is 28.1 Å². The second kappa shape index (κ2) is 5.77. The first kappa shape index (κ1) is 15.1. The van der Waals surface area contributed by atoms with Gasteiger partial charge in [0.1, 0.15) is 11.9 Å². The number of nitriles is 1. The Morgan fingerprint density at radius 2 is 2.00 bits per heavy atom. The Bertz CT molecular complexity index is 485. The molecule has 1 aromatic rings. The Labute approximate surface area is 106 Å². The summed E-state index contributed by atoms with van der Waals surface area (Å²) in [6.07, 6.45) is -8.63. The van der Waals surface area contributed by atoms with E-state index in [9.17, 15) is 23.4 Å². The van der Waals surface area contributed by atoms with Gasteiger partial charge in [-0.3, -0.25) is 0 Å². The zero-order chi connectivity index (χ0) is 14.6. The Balaban J connectivity index is 3.10. The van der Waals surface area contributed by atoms with Crippen LogP contribution < -0.4 is 10.5 Å². The third kappa shape index (κ3) is 4.31. The number of nitrogens with zero attached hydrogens (tertiary/aromatic N) is 1. The van der Waals surface area contributed by atoms with Crippen molar-refractivity contribution in [2.75, 3.05) is 5.73 Å². The van der Waals surface area contributed by atoms with E-state index < -0.39 is 30.7 Å². The first-order valence-electron chi connectivity index (χ1n) is 5.13. The van der Waals surface area contributed by atoms with Crippen LogP contribution in [0.1, 0.15) is 18.1 Å². The van der Waals surface area contributed by atoms with Gasteiger partial charge in [-0.2, -0.15) is 5.26 Å². The number of hydrogen-bond acceptors (Lipinski definition) is 5. The lowest BCUT2D eigenvalue weighted by Crippen LogP contribution is -2.22. The van der Waals surface area contributed by atoms with E-state index in [-0.39, 0.29) is 11.3 Å². The molecule has 0 aliphatic heterocycles. The van der Waals surface area contributed by atoms with E-state index in [1.807, 2.05) is 0 Å². The zero-order valence-electron chi connectivity index (χ0n) is 9.55. The summed E-state index contributed by atoms with van der Waals surface area (Å²) in [5.74, 6) is -0.675. The topological polar surface area (TPSA) is 99.5 Å². The van der Waals surface area contributed by atoms with Gasteiger partial charge in [0, 0.05) is 11.3 Å². The highest BCUT2D eigenvalue weighted by Gasteiger charge is 2.33. The summed E-state index contributed by atoms with van der Waals surface area (Å²) in [5.41, 5.74) is 5.17. The Hall–Kier alpha value is -1.98. The highest BCUT2D eigenvalue weighted by Crippen LogP contribution is 2.33. The van der Waals surface area contributed by atoms with Crippen LogP contribution in [0.5, 0.6) is 5.75 Å². The number of benzene rings is 1. The summed E-state index contributed by atoms with van der Waals surface area (Å²) >= 11 is 0. The number of halogens is 3. The second-order valence-electron chi connectivity index (χ2n) is 3.72. The Kier molecular flexibility index (Phi) is 4.58. The van der Waals surface area contributed by atoms with Crippen LogP contribution in [0, 0.1) is 11.3 Å². The minimum absolute atomic E-state index is 0.0905. The number of nitrogen functional groups attached to an aromatic ring is 1. The molecule has 0 aliphatic rings. The van der Waals surface area contributed by atoms with Gasteiger partial charge < -0.3 is 20.7 Å². The molecule has 0 amide bonds. The number of aliphatic hydroxyl groups is 2. The molecule has 19 heavy (non-hydrogen) atoms. The third-order valence-electron chi connectivity index (χ3n) is 2.24. The van der Waals surface area contributed by atoms with Gasteiger partial charge in [-0.05, 0) is 18.2 Å². The molecule has 0 bridgehead atoms. The molecule has 0 aromatic heterocycles. The van der Waals surface area contributed by atoms with Crippen LogP contribution in [-0.4, -0.2) is 22.7 Å². The molecule has 0 heterocycles. The molecule has 0 saturated carbocycles. The standard InChI is InChI=1S/C11H11F3N2O3/c12-11(13,14)19-9-2-1-6(16)5-7(9)10(18)8(17)3-4-15/h1-2,5,8,10,17-18H,3,16H2. The summed E-state index contributed by atoms with van der Waals surface area (Å²) in [6.45, 7) is 0. The van der Waals surface area contributed by atoms with Gasteiger partial charge in [0.25, 0.3) is 0 Å². The minimum atomic E-state index is -4.94. The van der Waals surface area contributed by atoms with Gasteiger partial charge in [-0.1, -0.05) is 0 Å². The fourth-order valence-electron chi connectivity index (χ4n) is 1.43. The molecule has 104 valence electrons. The maximum absolute atomic E-state index is 12.2. The molecule has 5 nitrogen and oxygen atoms in total. The van der Waals surface area contributed by atoms with Crippen molar-refractivity contribution in [3.63, 3.8) is 0 Å². The molecule has 0 aliphatic carbocycles. The summed E-state index contributed by atoms with van der Waals surface area (Å²) in [7, 11) is 0. The summed E-state index contributed by atoms with van der Waals surface area (Å²) in [5, 5.41) is 27.5. The normalized spacial score (nSPS) is 14.5. The van der Waals surface area contributed by atoms with E-state index in [4.69, 9.17) is 11.0 Å². The van der Waals surface area contributed by atoms with E-state index >= 15 is 0 Å². The van der Waals surface area contributed by atoms with E-state index in [0.717, 1.165) is 18.2 Å². The van der Waals surface area contributed by atoms with Gasteiger partial charge >= 0.3 is 6.36 Å². The number of aliphatic hydroxyl groups excluding tert-OH is 2. The molecule has 8 heteroatoms. The van der Waals surface area contributed by atoms with Crippen molar-refractivity contribution in [3.8, 4) is 11.8 Å². The maximum atomic E-state index is 12.2. The highest BCUT2D eigenvalue weighted by molar-refractivity contribution is 5.49. The van der Waals surface area contributed by atoms with Gasteiger partial charge in [-0.15, -0.1) is 13.2 Å². The van der Waals surface area contributed by atoms with Gasteiger partial charge in [-0.25, -0.2) is 0 Å². The fourth-order valence-corrected chi connectivity index (χ4v) is 1.43. The van der Waals surface area contributed by atoms with Gasteiger partial charge in [0.2, 0.25) is 0 Å². The van der Waals surface area contributed by atoms with Crippen LogP contribution in [0.4, 0.5) is 18.9 Å². The minimum Gasteiger partial charge on any atom is -0.405 e. The van der Waals surface area contributed by atoms with Crippen LogP contribution >= 0.6 is 0 Å². The van der Waals surface area contributed by atoms with Crippen LogP contribution in [0.3, 0.4) is 0 Å². The van der Waals surface area contributed by atoms with Crippen molar-refractivity contribution in [3.05, 3.63) is 23.8 Å². The third-order valence-corrected chi connectivity index (χ3v) is 2.24. The molecule has 1 aromatic carbocycles. The lowest BCUT2D eigenvalue weighted by Gasteiger charge is -2.20. The molecule has 0 radical (unpaired) electrons. The van der Waals surface area contributed by atoms with Crippen LogP contribution in [-0.2, 0) is 0 Å². The summed E-state index contributed by atoms with van der Waals surface area (Å²) < 4.78 is 40.3. The highest BCUT2D eigenvalue weighted by atomic mass is 19.4. The predicted molar refractivity (Wildman–Crippen MR) is 58.7 cm³/mol. The number of anilines is 1. The monoisotopic (exact) mass is 276 g/mol. The smallest absolute Gasteiger partial charge is 0.405 e. The molecular formula is C11H11F3N2O3. The van der Waals surface area contributed by atoms with E-state index in [1.165, 1.54) is 0 Å². The second-order valence-corrected chi connectivity index (χ2v) is 3.72. The van der Waals surface area contributed by atoms with E-state index in [2.05, 4.69) is 4.74 Å². The number of ether oxygens (including phenoxy) is 1. The SMILES string of the molecule is N#CCC(O)C(O)c1cc(N)ccc1OC(F)(F)F. The quantitative estimate of drug-likeness (QED) is 0.723. The first-order valence-corrected chi connectivity index (χ1v) is 5.13. The molecule has 1 rings (SSSR count). The number of alkyl halides is 3. The predicted octanol–water partition coefficient (Wildman–Crippen LogP) is 1.48. The average Bonchev–Trinajstić information content (AvgIpc) is 2.29. The molecule has 4 N–H and O–H groups in total. The van der Waals surface area contributed by atoms with Crippen molar-refractivity contribution in [1.82, 2.24) is 0 Å².